The Balaban J connectivity index is 1.63. The van der Waals surface area contributed by atoms with Gasteiger partial charge in [0, 0.05) is 25.1 Å². The highest BCUT2D eigenvalue weighted by atomic mass is 19.1. The Labute approximate surface area is 111 Å². The average Bonchev–Trinajstić information content (AvgIpc) is 2.93. The number of halogens is 1. The molecule has 0 bridgehead atoms. The molecule has 1 N–H and O–H groups in total. The minimum absolute atomic E-state index is 0.0463. The molecule has 19 heavy (non-hydrogen) atoms. The van der Waals surface area contributed by atoms with E-state index in [9.17, 15) is 9.50 Å². The van der Waals surface area contributed by atoms with E-state index in [-0.39, 0.29) is 17.9 Å². The monoisotopic (exact) mass is 265 g/mol. The van der Waals surface area contributed by atoms with Crippen molar-refractivity contribution in [2.75, 3.05) is 18.0 Å². The van der Waals surface area contributed by atoms with Crippen LogP contribution in [0.2, 0.25) is 0 Å². The predicted molar refractivity (Wildman–Crippen MR) is 68.1 cm³/mol. The summed E-state index contributed by atoms with van der Waals surface area (Å²) in [6, 6.07) is 4.28. The topological polar surface area (TPSA) is 41.9 Å². The Morgan fingerprint density at radius 3 is 2.47 bits per heavy atom. The SMILES string of the molecule is Oc1ccc(N2CCC(C3OC=CO3)CC2)c(F)c1. The summed E-state index contributed by atoms with van der Waals surface area (Å²) in [6.45, 7) is 1.52. The van der Waals surface area contributed by atoms with Crippen LogP contribution >= 0.6 is 0 Å². The van der Waals surface area contributed by atoms with E-state index in [0.29, 0.717) is 11.6 Å². The fourth-order valence-electron chi connectivity index (χ4n) is 2.64. The lowest BCUT2D eigenvalue weighted by atomic mass is 9.95. The molecule has 5 heteroatoms. The highest BCUT2D eigenvalue weighted by molar-refractivity contribution is 5.50. The molecule has 1 fully saturated rings. The Hall–Kier alpha value is -1.91. The van der Waals surface area contributed by atoms with Crippen molar-refractivity contribution in [2.24, 2.45) is 5.92 Å². The summed E-state index contributed by atoms with van der Waals surface area (Å²) in [5.41, 5.74) is 0.544. The molecule has 1 aromatic rings. The maximum absolute atomic E-state index is 13.8. The zero-order valence-corrected chi connectivity index (χ0v) is 10.5. The van der Waals surface area contributed by atoms with E-state index in [0.717, 1.165) is 32.0 Å². The maximum Gasteiger partial charge on any atom is 0.242 e. The predicted octanol–water partition coefficient (Wildman–Crippen LogP) is 2.59. The minimum atomic E-state index is -0.381. The molecule has 0 aromatic heterocycles. The first-order valence-corrected chi connectivity index (χ1v) is 6.43. The highest BCUT2D eigenvalue weighted by Gasteiger charge is 2.30. The zero-order valence-electron chi connectivity index (χ0n) is 10.5. The van der Waals surface area contributed by atoms with Crippen molar-refractivity contribution in [1.82, 2.24) is 0 Å². The molecule has 0 atom stereocenters. The first-order chi connectivity index (χ1) is 9.24. The Bertz CT molecular complexity index is 476. The number of phenolic OH excluding ortho intramolecular Hbond substituents is 1. The molecule has 1 aromatic carbocycles. The first kappa shape index (κ1) is 12.1. The van der Waals surface area contributed by atoms with Gasteiger partial charge in [-0.1, -0.05) is 0 Å². The summed E-state index contributed by atoms with van der Waals surface area (Å²) in [5, 5.41) is 9.22. The Kier molecular flexibility index (Phi) is 3.19. The normalized spacial score (nSPS) is 20.4. The molecule has 0 unspecified atom stereocenters. The van der Waals surface area contributed by atoms with E-state index in [4.69, 9.17) is 9.47 Å². The molecular weight excluding hydrogens is 249 g/mol. The number of ether oxygens (including phenoxy) is 2. The minimum Gasteiger partial charge on any atom is -0.508 e. The molecular formula is C14H16FNO3. The van der Waals surface area contributed by atoms with Gasteiger partial charge in [-0.15, -0.1) is 0 Å². The number of hydrogen-bond acceptors (Lipinski definition) is 4. The van der Waals surface area contributed by atoms with Crippen molar-refractivity contribution in [3.05, 3.63) is 36.5 Å². The van der Waals surface area contributed by atoms with Crippen LogP contribution in [-0.2, 0) is 9.47 Å². The van der Waals surface area contributed by atoms with Gasteiger partial charge in [0.1, 0.15) is 24.1 Å². The van der Waals surface area contributed by atoms with Crippen LogP contribution in [0.1, 0.15) is 12.8 Å². The lowest BCUT2D eigenvalue weighted by Gasteiger charge is -2.35. The quantitative estimate of drug-likeness (QED) is 0.892. The van der Waals surface area contributed by atoms with Crippen molar-refractivity contribution in [2.45, 2.75) is 19.1 Å². The molecule has 0 amide bonds. The summed E-state index contributed by atoms with van der Waals surface area (Å²) >= 11 is 0. The summed E-state index contributed by atoms with van der Waals surface area (Å²) in [5.74, 6) is -0.0881. The van der Waals surface area contributed by atoms with E-state index in [2.05, 4.69) is 0 Å². The van der Waals surface area contributed by atoms with Crippen molar-refractivity contribution in [3.63, 3.8) is 0 Å². The number of hydrogen-bond donors (Lipinski definition) is 1. The highest BCUT2D eigenvalue weighted by Crippen LogP contribution is 2.31. The summed E-state index contributed by atoms with van der Waals surface area (Å²) in [7, 11) is 0. The van der Waals surface area contributed by atoms with Crippen LogP contribution < -0.4 is 4.90 Å². The van der Waals surface area contributed by atoms with Crippen LogP contribution in [0.15, 0.2) is 30.7 Å². The third-order valence-electron chi connectivity index (χ3n) is 3.68. The van der Waals surface area contributed by atoms with E-state index in [1.54, 1.807) is 18.6 Å². The lowest BCUT2D eigenvalue weighted by Crippen LogP contribution is -2.38. The van der Waals surface area contributed by atoms with Crippen molar-refractivity contribution in [3.8, 4) is 5.75 Å². The van der Waals surface area contributed by atoms with Crippen LogP contribution in [0.4, 0.5) is 10.1 Å². The molecule has 0 spiro atoms. The number of phenols is 1. The summed E-state index contributed by atoms with van der Waals surface area (Å²) < 4.78 is 24.5. The first-order valence-electron chi connectivity index (χ1n) is 6.43. The second-order valence-corrected chi connectivity index (χ2v) is 4.87. The third kappa shape index (κ3) is 2.45. The Morgan fingerprint density at radius 2 is 1.84 bits per heavy atom. The van der Waals surface area contributed by atoms with Crippen LogP contribution in [0.3, 0.4) is 0 Å². The lowest BCUT2D eigenvalue weighted by molar-refractivity contribution is -0.0728. The fourth-order valence-corrected chi connectivity index (χ4v) is 2.64. The molecule has 0 saturated carbocycles. The Morgan fingerprint density at radius 1 is 1.16 bits per heavy atom. The van der Waals surface area contributed by atoms with E-state index in [1.807, 2.05) is 4.90 Å². The molecule has 2 aliphatic rings. The fraction of sp³-hybridized carbons (Fsp3) is 0.429. The number of anilines is 1. The van der Waals surface area contributed by atoms with Crippen LogP contribution in [0.25, 0.3) is 0 Å². The van der Waals surface area contributed by atoms with E-state index < -0.39 is 0 Å². The number of aromatic hydroxyl groups is 1. The van der Waals surface area contributed by atoms with E-state index >= 15 is 0 Å². The van der Waals surface area contributed by atoms with Gasteiger partial charge < -0.3 is 19.5 Å². The van der Waals surface area contributed by atoms with Gasteiger partial charge in [0.2, 0.25) is 6.29 Å². The van der Waals surface area contributed by atoms with Gasteiger partial charge in [-0.05, 0) is 25.0 Å². The summed E-state index contributed by atoms with van der Waals surface area (Å²) in [4.78, 5) is 1.99. The number of piperidine rings is 1. The van der Waals surface area contributed by atoms with Crippen LogP contribution in [0.5, 0.6) is 5.75 Å². The number of benzene rings is 1. The largest absolute Gasteiger partial charge is 0.508 e. The summed E-state index contributed by atoms with van der Waals surface area (Å²) in [6.07, 6.45) is 4.74. The number of rotatable bonds is 2. The van der Waals surface area contributed by atoms with Gasteiger partial charge in [0.15, 0.2) is 0 Å². The standard InChI is InChI=1S/C14H16FNO3/c15-12-9-11(17)1-2-13(12)16-5-3-10(4-6-16)14-18-7-8-19-14/h1-2,7-10,14,17H,3-6H2. The van der Waals surface area contributed by atoms with E-state index in [1.165, 1.54) is 6.07 Å². The molecule has 3 rings (SSSR count). The van der Waals surface area contributed by atoms with Crippen molar-refractivity contribution < 1.29 is 19.0 Å². The van der Waals surface area contributed by atoms with Gasteiger partial charge >= 0.3 is 0 Å². The molecule has 2 heterocycles. The molecule has 0 aliphatic carbocycles. The van der Waals surface area contributed by atoms with Gasteiger partial charge in [-0.3, -0.25) is 0 Å². The second-order valence-electron chi connectivity index (χ2n) is 4.87. The van der Waals surface area contributed by atoms with Gasteiger partial charge in [-0.2, -0.15) is 0 Å². The maximum atomic E-state index is 13.8. The molecule has 2 aliphatic heterocycles. The van der Waals surface area contributed by atoms with Crippen molar-refractivity contribution >= 4 is 5.69 Å². The van der Waals surface area contributed by atoms with Crippen LogP contribution in [-0.4, -0.2) is 24.5 Å². The van der Waals surface area contributed by atoms with Gasteiger partial charge in [0.05, 0.1) is 5.69 Å². The number of nitrogens with zero attached hydrogens (tertiary/aromatic N) is 1. The third-order valence-corrected chi connectivity index (χ3v) is 3.68. The van der Waals surface area contributed by atoms with Gasteiger partial charge in [-0.25, -0.2) is 4.39 Å². The molecule has 4 nitrogen and oxygen atoms in total. The zero-order chi connectivity index (χ0) is 13.2. The van der Waals surface area contributed by atoms with Gasteiger partial charge in [0.25, 0.3) is 0 Å². The van der Waals surface area contributed by atoms with Crippen LogP contribution in [0, 0.1) is 11.7 Å². The van der Waals surface area contributed by atoms with Crippen molar-refractivity contribution in [1.29, 1.82) is 0 Å². The average molecular weight is 265 g/mol. The second kappa shape index (κ2) is 4.99. The molecule has 1 saturated heterocycles. The molecule has 102 valence electrons. The molecule has 0 radical (unpaired) electrons. The smallest absolute Gasteiger partial charge is 0.242 e.